The molecule has 0 aliphatic heterocycles. The van der Waals surface area contributed by atoms with Crippen molar-refractivity contribution in [1.82, 2.24) is 0 Å². The Bertz CT molecular complexity index is 642. The zero-order valence-electron chi connectivity index (χ0n) is 12.5. The first kappa shape index (κ1) is 15.6. The van der Waals surface area contributed by atoms with E-state index < -0.39 is 0 Å². The molecule has 0 radical (unpaired) electrons. The maximum Gasteiger partial charge on any atom is 0.201 e. The Hall–Kier alpha value is -1.80. The zero-order valence-corrected chi connectivity index (χ0v) is 13.3. The van der Waals surface area contributed by atoms with Crippen LogP contribution in [0.4, 0.5) is 0 Å². The van der Waals surface area contributed by atoms with Gasteiger partial charge in [0, 0.05) is 5.56 Å². The lowest BCUT2D eigenvalue weighted by Crippen LogP contribution is -2.17. The Kier molecular flexibility index (Phi) is 4.69. The van der Waals surface area contributed by atoms with Gasteiger partial charge in [-0.25, -0.2) is 0 Å². The second-order valence-corrected chi connectivity index (χ2v) is 6.35. The van der Waals surface area contributed by atoms with Gasteiger partial charge in [-0.2, -0.15) is 0 Å². The number of carbonyl (C=O) groups excluding carboxylic acids is 1. The van der Waals surface area contributed by atoms with Crippen LogP contribution in [0.3, 0.4) is 0 Å². The molecule has 0 heterocycles. The fraction of sp³-hybridized carbons (Fsp3) is 0.278. The normalized spacial score (nSPS) is 11.2. The van der Waals surface area contributed by atoms with Crippen molar-refractivity contribution < 1.29 is 9.53 Å². The van der Waals surface area contributed by atoms with Crippen LogP contribution in [0.15, 0.2) is 48.5 Å². The van der Waals surface area contributed by atoms with E-state index in [0.717, 1.165) is 11.3 Å². The lowest BCUT2D eigenvalue weighted by molar-refractivity contribution is 0.0920. The lowest BCUT2D eigenvalue weighted by atomic mass is 9.86. The summed E-state index contributed by atoms with van der Waals surface area (Å²) in [5.41, 5.74) is 1.54. The summed E-state index contributed by atoms with van der Waals surface area (Å²) in [6, 6.07) is 14.8. The number of rotatable bonds is 4. The number of ether oxygens (including phenoxy) is 1. The van der Waals surface area contributed by atoms with E-state index in [1.54, 1.807) is 24.3 Å². The molecule has 2 aromatic carbocycles. The van der Waals surface area contributed by atoms with E-state index in [0.29, 0.717) is 10.6 Å². The van der Waals surface area contributed by atoms with E-state index in [1.807, 2.05) is 24.3 Å². The molecule has 2 nitrogen and oxygen atoms in total. The van der Waals surface area contributed by atoms with Crippen molar-refractivity contribution in [3.05, 3.63) is 64.7 Å². The van der Waals surface area contributed by atoms with Crippen LogP contribution in [0.5, 0.6) is 5.75 Å². The molecule has 2 aromatic rings. The molecule has 0 spiro atoms. The smallest absolute Gasteiger partial charge is 0.201 e. The van der Waals surface area contributed by atoms with Crippen molar-refractivity contribution in [1.29, 1.82) is 0 Å². The number of benzene rings is 2. The van der Waals surface area contributed by atoms with Crippen molar-refractivity contribution >= 4 is 17.4 Å². The molecule has 0 N–H and O–H groups in total. The second-order valence-electron chi connectivity index (χ2n) is 5.94. The average Bonchev–Trinajstić information content (AvgIpc) is 2.44. The molecule has 0 fully saturated rings. The molecule has 0 saturated heterocycles. The largest absolute Gasteiger partial charge is 0.485 e. The summed E-state index contributed by atoms with van der Waals surface area (Å²) in [7, 11) is 0. The second kappa shape index (κ2) is 6.31. The quantitative estimate of drug-likeness (QED) is 0.751. The minimum absolute atomic E-state index is 0.0170. The van der Waals surface area contributed by atoms with Crippen molar-refractivity contribution in [2.75, 3.05) is 6.61 Å². The molecule has 0 unspecified atom stereocenters. The van der Waals surface area contributed by atoms with Crippen molar-refractivity contribution in [3.8, 4) is 5.75 Å². The standard InChI is InChI=1S/C18H19ClO2/c1-18(2,3)14-9-5-7-11-17(14)21-12-16(20)13-8-4-6-10-15(13)19/h4-11H,12H2,1-3H3. The highest BCUT2D eigenvalue weighted by molar-refractivity contribution is 6.34. The predicted octanol–water partition coefficient (Wildman–Crippen LogP) is 4.90. The summed E-state index contributed by atoms with van der Waals surface area (Å²) in [5.74, 6) is 0.620. The summed E-state index contributed by atoms with van der Waals surface area (Å²) in [6.07, 6.45) is 0. The molecule has 0 aromatic heterocycles. The molecule has 0 aliphatic carbocycles. The average molecular weight is 303 g/mol. The number of Topliss-reactive ketones (excluding diaryl/α,β-unsaturated/α-hetero) is 1. The van der Waals surface area contributed by atoms with Gasteiger partial charge in [-0.3, -0.25) is 4.79 Å². The highest BCUT2D eigenvalue weighted by atomic mass is 35.5. The number of halogens is 1. The monoisotopic (exact) mass is 302 g/mol. The summed E-state index contributed by atoms with van der Waals surface area (Å²) >= 11 is 6.03. The first-order valence-corrected chi connectivity index (χ1v) is 7.27. The summed E-state index contributed by atoms with van der Waals surface area (Å²) in [6.45, 7) is 6.33. The zero-order chi connectivity index (χ0) is 15.5. The molecule has 0 saturated carbocycles. The van der Waals surface area contributed by atoms with E-state index in [9.17, 15) is 4.79 Å². The summed E-state index contributed by atoms with van der Waals surface area (Å²) in [4.78, 5) is 12.2. The first-order chi connectivity index (χ1) is 9.89. The van der Waals surface area contributed by atoms with Gasteiger partial charge < -0.3 is 4.74 Å². The van der Waals surface area contributed by atoms with E-state index in [-0.39, 0.29) is 17.8 Å². The number of para-hydroxylation sites is 1. The van der Waals surface area contributed by atoms with Gasteiger partial charge >= 0.3 is 0 Å². The van der Waals surface area contributed by atoms with Gasteiger partial charge in [-0.1, -0.05) is 62.7 Å². The highest BCUT2D eigenvalue weighted by Gasteiger charge is 2.19. The Morgan fingerprint density at radius 2 is 1.67 bits per heavy atom. The van der Waals surface area contributed by atoms with Crippen LogP contribution in [0, 0.1) is 0 Å². The molecule has 0 aliphatic rings. The molecular formula is C18H19ClO2. The molecular weight excluding hydrogens is 284 g/mol. The van der Waals surface area contributed by atoms with E-state index in [1.165, 1.54) is 0 Å². The molecule has 3 heteroatoms. The van der Waals surface area contributed by atoms with Gasteiger partial charge in [-0.05, 0) is 29.2 Å². The molecule has 0 atom stereocenters. The topological polar surface area (TPSA) is 26.3 Å². The SMILES string of the molecule is CC(C)(C)c1ccccc1OCC(=O)c1ccccc1Cl. The fourth-order valence-electron chi connectivity index (χ4n) is 2.12. The van der Waals surface area contributed by atoms with Crippen molar-refractivity contribution in [2.45, 2.75) is 26.2 Å². The fourth-order valence-corrected chi connectivity index (χ4v) is 2.36. The predicted molar refractivity (Wildman–Crippen MR) is 86.4 cm³/mol. The van der Waals surface area contributed by atoms with Gasteiger partial charge in [0.05, 0.1) is 5.02 Å². The van der Waals surface area contributed by atoms with E-state index in [2.05, 4.69) is 20.8 Å². The van der Waals surface area contributed by atoms with E-state index >= 15 is 0 Å². The summed E-state index contributed by atoms with van der Waals surface area (Å²) in [5, 5.41) is 0.454. The Labute approximate surface area is 130 Å². The number of ketones is 1. The van der Waals surface area contributed by atoms with Crippen molar-refractivity contribution in [3.63, 3.8) is 0 Å². The third kappa shape index (κ3) is 3.85. The number of carbonyl (C=O) groups is 1. The van der Waals surface area contributed by atoms with Gasteiger partial charge in [0.2, 0.25) is 5.78 Å². The highest BCUT2D eigenvalue weighted by Crippen LogP contribution is 2.31. The lowest BCUT2D eigenvalue weighted by Gasteiger charge is -2.22. The third-order valence-electron chi connectivity index (χ3n) is 3.23. The van der Waals surface area contributed by atoms with Gasteiger partial charge in [0.1, 0.15) is 5.75 Å². The molecule has 21 heavy (non-hydrogen) atoms. The van der Waals surface area contributed by atoms with Gasteiger partial charge in [0.15, 0.2) is 6.61 Å². The van der Waals surface area contributed by atoms with Crippen LogP contribution >= 0.6 is 11.6 Å². The van der Waals surface area contributed by atoms with E-state index in [4.69, 9.17) is 16.3 Å². The third-order valence-corrected chi connectivity index (χ3v) is 3.56. The van der Waals surface area contributed by atoms with Crippen LogP contribution in [0.2, 0.25) is 5.02 Å². The molecule has 2 rings (SSSR count). The maximum absolute atomic E-state index is 12.2. The molecule has 110 valence electrons. The van der Waals surface area contributed by atoms with Gasteiger partial charge in [-0.15, -0.1) is 0 Å². The Balaban J connectivity index is 2.14. The maximum atomic E-state index is 12.2. The first-order valence-electron chi connectivity index (χ1n) is 6.89. The van der Waals surface area contributed by atoms with Crippen LogP contribution in [-0.4, -0.2) is 12.4 Å². The Morgan fingerprint density at radius 3 is 2.33 bits per heavy atom. The minimum atomic E-state index is -0.121. The number of hydrogen-bond acceptors (Lipinski definition) is 2. The van der Waals surface area contributed by atoms with Gasteiger partial charge in [0.25, 0.3) is 0 Å². The molecule has 0 amide bonds. The van der Waals surface area contributed by atoms with Crippen molar-refractivity contribution in [2.24, 2.45) is 0 Å². The number of hydrogen-bond donors (Lipinski definition) is 0. The molecule has 0 bridgehead atoms. The van der Waals surface area contributed by atoms with Crippen LogP contribution < -0.4 is 4.74 Å². The summed E-state index contributed by atoms with van der Waals surface area (Å²) < 4.78 is 5.73. The Morgan fingerprint density at radius 1 is 1.05 bits per heavy atom. The van der Waals surface area contributed by atoms with Crippen LogP contribution in [-0.2, 0) is 5.41 Å². The van der Waals surface area contributed by atoms with Crippen LogP contribution in [0.1, 0.15) is 36.7 Å². The van der Waals surface area contributed by atoms with Crippen LogP contribution in [0.25, 0.3) is 0 Å². The minimum Gasteiger partial charge on any atom is -0.485 e.